The van der Waals surface area contributed by atoms with Gasteiger partial charge in [-0.05, 0) is 43.5 Å². The highest BCUT2D eigenvalue weighted by atomic mass is 16.2. The number of piperidine rings is 1. The lowest BCUT2D eigenvalue weighted by Gasteiger charge is -2.29. The Morgan fingerprint density at radius 3 is 2.89 bits per heavy atom. The molecule has 18 heavy (non-hydrogen) atoms. The lowest BCUT2D eigenvalue weighted by molar-refractivity contribution is 0.238. The fraction of sp³-hybridized carbons (Fsp3) is 0.500. The van der Waals surface area contributed by atoms with E-state index in [0.717, 1.165) is 25.3 Å². The van der Waals surface area contributed by atoms with Gasteiger partial charge in [-0.2, -0.15) is 0 Å². The normalized spacial score (nSPS) is 23.4. The zero-order valence-corrected chi connectivity index (χ0v) is 10.8. The molecule has 98 valence electrons. The summed E-state index contributed by atoms with van der Waals surface area (Å²) in [6.45, 7) is 5.07. The van der Waals surface area contributed by atoms with E-state index in [9.17, 15) is 4.79 Å². The molecule has 2 amide bonds. The third kappa shape index (κ3) is 3.74. The smallest absolute Gasteiger partial charge is 0.319 e. The van der Waals surface area contributed by atoms with Crippen LogP contribution in [-0.4, -0.2) is 25.7 Å². The van der Waals surface area contributed by atoms with Crippen molar-refractivity contribution < 1.29 is 4.79 Å². The molecule has 2 unspecified atom stereocenters. The number of carbonyl (C=O) groups is 1. The maximum absolute atomic E-state index is 11.7. The van der Waals surface area contributed by atoms with Crippen LogP contribution in [0.4, 0.5) is 10.5 Å². The molecule has 1 aliphatic rings. The topological polar surface area (TPSA) is 53.2 Å². The Morgan fingerprint density at radius 2 is 2.17 bits per heavy atom. The van der Waals surface area contributed by atoms with Gasteiger partial charge >= 0.3 is 6.03 Å². The molecule has 0 saturated carbocycles. The molecular formula is C14H21N3O. The maximum atomic E-state index is 11.7. The molecule has 0 aromatic heterocycles. The number of amides is 2. The number of nitrogens with one attached hydrogen (secondary N) is 3. The second kappa shape index (κ2) is 6.40. The first kappa shape index (κ1) is 12.9. The lowest BCUT2D eigenvalue weighted by Crippen LogP contribution is -2.43. The molecule has 0 radical (unpaired) electrons. The molecule has 1 heterocycles. The number of anilines is 1. The third-order valence-electron chi connectivity index (χ3n) is 3.54. The number of carbonyl (C=O) groups excluding carboxylic acids is 1. The summed E-state index contributed by atoms with van der Waals surface area (Å²) >= 11 is 0. The summed E-state index contributed by atoms with van der Waals surface area (Å²) in [5.41, 5.74) is 0.824. The van der Waals surface area contributed by atoms with Gasteiger partial charge in [-0.3, -0.25) is 0 Å². The number of hydrogen-bond donors (Lipinski definition) is 3. The Balaban J connectivity index is 1.74. The largest absolute Gasteiger partial charge is 0.338 e. The third-order valence-corrected chi connectivity index (χ3v) is 3.54. The monoisotopic (exact) mass is 247 g/mol. The number of hydrogen-bond acceptors (Lipinski definition) is 2. The van der Waals surface area contributed by atoms with Crippen LogP contribution in [0.2, 0.25) is 0 Å². The summed E-state index contributed by atoms with van der Waals surface area (Å²) in [5, 5.41) is 9.13. The summed E-state index contributed by atoms with van der Waals surface area (Å²) in [4.78, 5) is 11.7. The van der Waals surface area contributed by atoms with Crippen molar-refractivity contribution in [1.29, 1.82) is 0 Å². The summed E-state index contributed by atoms with van der Waals surface area (Å²) in [6, 6.07) is 9.37. The molecule has 0 spiro atoms. The van der Waals surface area contributed by atoms with Crippen molar-refractivity contribution in [2.24, 2.45) is 11.8 Å². The average molecular weight is 247 g/mol. The fourth-order valence-corrected chi connectivity index (χ4v) is 2.25. The fourth-order valence-electron chi connectivity index (χ4n) is 2.25. The van der Waals surface area contributed by atoms with Crippen LogP contribution in [0, 0.1) is 11.8 Å². The van der Waals surface area contributed by atoms with E-state index in [1.807, 2.05) is 30.3 Å². The SMILES string of the molecule is CC1CCNCC1CNC(=O)Nc1ccccc1. The van der Waals surface area contributed by atoms with E-state index in [0.29, 0.717) is 11.8 Å². The van der Waals surface area contributed by atoms with Crippen molar-refractivity contribution in [2.75, 3.05) is 25.0 Å². The summed E-state index contributed by atoms with van der Waals surface area (Å²) in [7, 11) is 0. The summed E-state index contributed by atoms with van der Waals surface area (Å²) in [6.07, 6.45) is 1.19. The minimum Gasteiger partial charge on any atom is -0.338 e. The number of benzene rings is 1. The number of para-hydroxylation sites is 1. The molecule has 1 fully saturated rings. The van der Waals surface area contributed by atoms with Gasteiger partial charge in [-0.1, -0.05) is 25.1 Å². The second-order valence-electron chi connectivity index (χ2n) is 4.93. The molecule has 1 saturated heterocycles. The van der Waals surface area contributed by atoms with Gasteiger partial charge in [-0.25, -0.2) is 4.79 Å². The van der Waals surface area contributed by atoms with E-state index in [1.165, 1.54) is 6.42 Å². The van der Waals surface area contributed by atoms with Crippen molar-refractivity contribution in [3.63, 3.8) is 0 Å². The first-order chi connectivity index (χ1) is 8.75. The zero-order valence-electron chi connectivity index (χ0n) is 10.8. The summed E-state index contributed by atoms with van der Waals surface area (Å²) < 4.78 is 0. The average Bonchev–Trinajstić information content (AvgIpc) is 2.39. The van der Waals surface area contributed by atoms with Crippen LogP contribution >= 0.6 is 0 Å². The van der Waals surface area contributed by atoms with Gasteiger partial charge in [0.25, 0.3) is 0 Å². The highest BCUT2D eigenvalue weighted by Crippen LogP contribution is 2.17. The maximum Gasteiger partial charge on any atom is 0.319 e. The van der Waals surface area contributed by atoms with Crippen molar-refractivity contribution >= 4 is 11.7 Å². The van der Waals surface area contributed by atoms with Crippen LogP contribution in [0.5, 0.6) is 0 Å². The van der Waals surface area contributed by atoms with Crippen LogP contribution in [-0.2, 0) is 0 Å². The van der Waals surface area contributed by atoms with Gasteiger partial charge in [0.2, 0.25) is 0 Å². The van der Waals surface area contributed by atoms with Gasteiger partial charge in [0.1, 0.15) is 0 Å². The second-order valence-corrected chi connectivity index (χ2v) is 4.93. The Bertz CT molecular complexity index is 380. The number of rotatable bonds is 3. The Morgan fingerprint density at radius 1 is 1.39 bits per heavy atom. The van der Waals surface area contributed by atoms with Crippen LogP contribution < -0.4 is 16.0 Å². The van der Waals surface area contributed by atoms with E-state index < -0.39 is 0 Å². The molecule has 1 aromatic carbocycles. The highest BCUT2D eigenvalue weighted by Gasteiger charge is 2.21. The molecule has 2 atom stereocenters. The highest BCUT2D eigenvalue weighted by molar-refractivity contribution is 5.89. The summed E-state index contributed by atoms with van der Waals surface area (Å²) in [5.74, 6) is 1.20. The quantitative estimate of drug-likeness (QED) is 0.765. The van der Waals surface area contributed by atoms with Crippen LogP contribution in [0.15, 0.2) is 30.3 Å². The molecule has 2 rings (SSSR count). The van der Waals surface area contributed by atoms with E-state index in [-0.39, 0.29) is 6.03 Å². The van der Waals surface area contributed by atoms with Crippen molar-refractivity contribution in [1.82, 2.24) is 10.6 Å². The first-order valence-corrected chi connectivity index (χ1v) is 6.56. The number of urea groups is 1. The molecule has 4 nitrogen and oxygen atoms in total. The van der Waals surface area contributed by atoms with Crippen LogP contribution in [0.3, 0.4) is 0 Å². The molecule has 0 aliphatic carbocycles. The zero-order chi connectivity index (χ0) is 12.8. The van der Waals surface area contributed by atoms with Gasteiger partial charge in [0, 0.05) is 12.2 Å². The molecular weight excluding hydrogens is 226 g/mol. The minimum atomic E-state index is -0.126. The van der Waals surface area contributed by atoms with Gasteiger partial charge < -0.3 is 16.0 Å². The molecule has 4 heteroatoms. The van der Waals surface area contributed by atoms with E-state index >= 15 is 0 Å². The lowest BCUT2D eigenvalue weighted by atomic mass is 9.88. The Kier molecular flexibility index (Phi) is 4.59. The van der Waals surface area contributed by atoms with E-state index in [4.69, 9.17) is 0 Å². The van der Waals surface area contributed by atoms with E-state index in [1.54, 1.807) is 0 Å². The molecule has 0 bridgehead atoms. The van der Waals surface area contributed by atoms with Gasteiger partial charge in [0.15, 0.2) is 0 Å². The van der Waals surface area contributed by atoms with Crippen molar-refractivity contribution in [3.8, 4) is 0 Å². The van der Waals surface area contributed by atoms with Crippen molar-refractivity contribution in [2.45, 2.75) is 13.3 Å². The van der Waals surface area contributed by atoms with E-state index in [2.05, 4.69) is 22.9 Å². The predicted octanol–water partition coefficient (Wildman–Crippen LogP) is 2.05. The van der Waals surface area contributed by atoms with Crippen molar-refractivity contribution in [3.05, 3.63) is 30.3 Å². The van der Waals surface area contributed by atoms with Crippen LogP contribution in [0.1, 0.15) is 13.3 Å². The molecule has 3 N–H and O–H groups in total. The molecule has 1 aliphatic heterocycles. The van der Waals surface area contributed by atoms with Gasteiger partial charge in [-0.15, -0.1) is 0 Å². The standard InChI is InChI=1S/C14H21N3O/c1-11-7-8-15-9-12(11)10-16-14(18)17-13-5-3-2-4-6-13/h2-6,11-12,15H,7-10H2,1H3,(H2,16,17,18). The Hall–Kier alpha value is -1.55. The first-order valence-electron chi connectivity index (χ1n) is 6.56. The minimum absolute atomic E-state index is 0.126. The molecule has 1 aromatic rings. The Labute approximate surface area is 108 Å². The van der Waals surface area contributed by atoms with Gasteiger partial charge in [0.05, 0.1) is 0 Å². The van der Waals surface area contributed by atoms with Crippen LogP contribution in [0.25, 0.3) is 0 Å². The predicted molar refractivity (Wildman–Crippen MR) is 73.6 cm³/mol.